The minimum Gasteiger partial charge on any atom is -0.494 e. The number of furan rings is 1. The lowest BCUT2D eigenvalue weighted by Gasteiger charge is -2.13. The number of carbonyl (C=O) groups excluding carboxylic acids is 2. The lowest BCUT2D eigenvalue weighted by molar-refractivity contribution is -0.137. The Balaban J connectivity index is 1.69. The first-order valence-electron chi connectivity index (χ1n) is 9.86. The molecule has 0 atom stereocenters. The third-order valence-electron chi connectivity index (χ3n) is 4.67. The molecule has 3 aromatic rings. The molecule has 31 heavy (non-hydrogen) atoms. The lowest BCUT2D eigenvalue weighted by atomic mass is 10.1. The maximum atomic E-state index is 13.3. The van der Waals surface area contributed by atoms with Crippen LogP contribution in [0.15, 0.2) is 81.1 Å². The van der Waals surface area contributed by atoms with Gasteiger partial charge in [-0.25, -0.2) is 0 Å². The van der Waals surface area contributed by atoms with Crippen LogP contribution in [0.3, 0.4) is 0 Å². The maximum Gasteiger partial charge on any atom is 0.268 e. The zero-order valence-corrected chi connectivity index (χ0v) is 18.4. The van der Waals surface area contributed by atoms with Gasteiger partial charge in [0.1, 0.15) is 11.5 Å². The van der Waals surface area contributed by atoms with Crippen LogP contribution in [0.4, 0.5) is 0 Å². The number of amides is 2. The molecule has 2 heterocycles. The van der Waals surface area contributed by atoms with Crippen molar-refractivity contribution < 1.29 is 18.7 Å². The van der Waals surface area contributed by atoms with E-state index in [9.17, 15) is 9.59 Å². The molecule has 1 aliphatic rings. The summed E-state index contributed by atoms with van der Waals surface area (Å²) >= 11 is 7.24. The molecule has 2 aromatic carbocycles. The van der Waals surface area contributed by atoms with Gasteiger partial charge in [-0.05, 0) is 60.5 Å². The van der Waals surface area contributed by atoms with Crippen molar-refractivity contribution in [2.75, 3.05) is 6.61 Å². The molecule has 0 unspecified atom stereocenters. The fourth-order valence-corrected chi connectivity index (χ4v) is 4.30. The van der Waals surface area contributed by atoms with Gasteiger partial charge in [-0.15, -0.1) is 0 Å². The van der Waals surface area contributed by atoms with Crippen LogP contribution in [-0.4, -0.2) is 23.3 Å². The first kappa shape index (κ1) is 21.3. The summed E-state index contributed by atoms with van der Waals surface area (Å²) < 4.78 is 11.0. The van der Waals surface area contributed by atoms with Crippen molar-refractivity contribution in [3.8, 4) is 5.75 Å². The van der Waals surface area contributed by atoms with Crippen molar-refractivity contribution in [2.24, 2.45) is 0 Å². The highest BCUT2D eigenvalue weighted by Crippen LogP contribution is 2.40. The van der Waals surface area contributed by atoms with Gasteiger partial charge >= 0.3 is 0 Å². The van der Waals surface area contributed by atoms with Crippen LogP contribution >= 0.6 is 23.4 Å². The predicted octanol–water partition coefficient (Wildman–Crippen LogP) is 5.79. The molecule has 158 valence electrons. The highest BCUT2D eigenvalue weighted by Gasteiger charge is 2.39. The number of thioether (sulfide) groups is 1. The van der Waals surface area contributed by atoms with Gasteiger partial charge in [0.05, 0.1) is 29.9 Å². The van der Waals surface area contributed by atoms with Crippen LogP contribution in [0, 0.1) is 0 Å². The Labute approximate surface area is 189 Å². The van der Waals surface area contributed by atoms with Gasteiger partial charge in [-0.3, -0.25) is 14.5 Å². The average Bonchev–Trinajstić information content (AvgIpc) is 3.37. The molecule has 0 bridgehead atoms. The Morgan fingerprint density at radius 1 is 1.00 bits per heavy atom. The third-order valence-corrected chi connectivity index (χ3v) is 6.01. The van der Waals surface area contributed by atoms with E-state index in [2.05, 4.69) is 0 Å². The molecule has 7 heteroatoms. The van der Waals surface area contributed by atoms with E-state index in [0.717, 1.165) is 17.1 Å². The summed E-state index contributed by atoms with van der Waals surface area (Å²) in [5.74, 6) is 0.576. The fraction of sp³-hybridized carbons (Fsp3) is 0.167. The largest absolute Gasteiger partial charge is 0.494 e. The quantitative estimate of drug-likeness (QED) is 0.404. The Kier molecular flexibility index (Phi) is 6.49. The minimum absolute atomic E-state index is 0.0799. The summed E-state index contributed by atoms with van der Waals surface area (Å²) in [6.07, 6.45) is 2.43. The van der Waals surface area contributed by atoms with Gasteiger partial charge in [-0.2, -0.15) is 0 Å². The fourth-order valence-electron chi connectivity index (χ4n) is 3.16. The second-order valence-corrected chi connectivity index (χ2v) is 8.43. The average molecular weight is 454 g/mol. The molecule has 0 saturated carbocycles. The molecule has 0 radical (unpaired) electrons. The van der Waals surface area contributed by atoms with Gasteiger partial charge in [-0.1, -0.05) is 42.4 Å². The van der Waals surface area contributed by atoms with E-state index in [0.29, 0.717) is 33.4 Å². The Morgan fingerprint density at radius 2 is 1.74 bits per heavy atom. The molecule has 0 fully saturated rings. The lowest BCUT2D eigenvalue weighted by Crippen LogP contribution is -2.30. The van der Waals surface area contributed by atoms with Gasteiger partial charge in [0.2, 0.25) is 0 Å². The Morgan fingerprint density at radius 3 is 2.39 bits per heavy atom. The molecule has 1 aliphatic heterocycles. The zero-order valence-electron chi connectivity index (χ0n) is 16.8. The molecule has 2 amide bonds. The summed E-state index contributed by atoms with van der Waals surface area (Å²) in [5.41, 5.74) is 1.04. The zero-order chi connectivity index (χ0) is 21.8. The van der Waals surface area contributed by atoms with Crippen molar-refractivity contribution in [2.45, 2.75) is 24.8 Å². The van der Waals surface area contributed by atoms with Gasteiger partial charge < -0.3 is 9.15 Å². The second-order valence-electron chi connectivity index (χ2n) is 6.91. The monoisotopic (exact) mass is 453 g/mol. The first-order valence-corrected chi connectivity index (χ1v) is 11.1. The normalized spacial score (nSPS) is 13.9. The standard InChI is InChI=1S/C24H20ClNO4S/c1-2-13-29-18-9-5-16(6-10-18)21-22(31-20-11-7-17(25)8-12-20)24(28)26(23(21)27)15-19-4-3-14-30-19/h3-12,14H,2,13,15H2,1H3. The smallest absolute Gasteiger partial charge is 0.268 e. The van der Waals surface area contributed by atoms with Gasteiger partial charge in [0.15, 0.2) is 0 Å². The van der Waals surface area contributed by atoms with E-state index in [1.54, 1.807) is 24.3 Å². The molecular weight excluding hydrogens is 434 g/mol. The van der Waals surface area contributed by atoms with Crippen molar-refractivity contribution in [3.63, 3.8) is 0 Å². The van der Waals surface area contributed by atoms with Crippen molar-refractivity contribution in [1.29, 1.82) is 0 Å². The van der Waals surface area contributed by atoms with Crippen LogP contribution in [0.2, 0.25) is 5.02 Å². The van der Waals surface area contributed by atoms with Crippen LogP contribution in [0.5, 0.6) is 5.75 Å². The Bertz CT molecular complexity index is 1110. The molecule has 4 rings (SSSR count). The second kappa shape index (κ2) is 9.45. The highest BCUT2D eigenvalue weighted by molar-refractivity contribution is 8.04. The van der Waals surface area contributed by atoms with E-state index in [4.69, 9.17) is 20.8 Å². The number of rotatable bonds is 8. The van der Waals surface area contributed by atoms with Gasteiger partial charge in [0, 0.05) is 9.92 Å². The third kappa shape index (κ3) is 4.70. The molecule has 5 nitrogen and oxygen atoms in total. The summed E-state index contributed by atoms with van der Waals surface area (Å²) in [7, 11) is 0. The number of imide groups is 1. The van der Waals surface area contributed by atoms with Crippen molar-refractivity contribution >= 4 is 40.8 Å². The van der Waals surface area contributed by atoms with Crippen LogP contribution < -0.4 is 4.74 Å². The number of ether oxygens (including phenoxy) is 1. The van der Waals surface area contributed by atoms with Crippen molar-refractivity contribution in [1.82, 2.24) is 4.90 Å². The number of hydrogen-bond acceptors (Lipinski definition) is 5. The van der Waals surface area contributed by atoms with Crippen LogP contribution in [-0.2, 0) is 16.1 Å². The molecule has 0 aliphatic carbocycles. The number of carbonyl (C=O) groups is 2. The summed E-state index contributed by atoms with van der Waals surface area (Å²) in [4.78, 5) is 28.9. The number of nitrogens with zero attached hydrogens (tertiary/aromatic N) is 1. The van der Waals surface area contributed by atoms with E-state index >= 15 is 0 Å². The minimum atomic E-state index is -0.347. The molecular formula is C24H20ClNO4S. The molecule has 0 saturated heterocycles. The van der Waals surface area contributed by atoms with E-state index < -0.39 is 0 Å². The Hall–Kier alpha value is -2.96. The molecule has 0 spiro atoms. The van der Waals surface area contributed by atoms with Gasteiger partial charge in [0.25, 0.3) is 11.8 Å². The summed E-state index contributed by atoms with van der Waals surface area (Å²) in [6.45, 7) is 2.74. The highest BCUT2D eigenvalue weighted by atomic mass is 35.5. The topological polar surface area (TPSA) is 59.8 Å². The number of hydrogen-bond donors (Lipinski definition) is 0. The van der Waals surface area contributed by atoms with E-state index in [1.807, 2.05) is 43.3 Å². The van der Waals surface area contributed by atoms with Crippen molar-refractivity contribution in [3.05, 3.63) is 88.2 Å². The van der Waals surface area contributed by atoms with E-state index in [-0.39, 0.29) is 18.4 Å². The van der Waals surface area contributed by atoms with E-state index in [1.165, 1.54) is 22.9 Å². The molecule has 0 N–H and O–H groups in total. The first-order chi connectivity index (χ1) is 15.1. The summed E-state index contributed by atoms with van der Waals surface area (Å²) in [5, 5.41) is 0.606. The van der Waals surface area contributed by atoms with Crippen LogP contribution in [0.1, 0.15) is 24.7 Å². The molecule has 1 aromatic heterocycles. The van der Waals surface area contributed by atoms with Crippen LogP contribution in [0.25, 0.3) is 5.57 Å². The summed E-state index contributed by atoms with van der Waals surface area (Å²) in [6, 6.07) is 17.9. The number of benzene rings is 2. The predicted molar refractivity (Wildman–Crippen MR) is 121 cm³/mol. The SMILES string of the molecule is CCCOc1ccc(C2=C(Sc3ccc(Cl)cc3)C(=O)N(Cc3ccco3)C2=O)cc1. The maximum absolute atomic E-state index is 13.3. The number of halogens is 1.